The van der Waals surface area contributed by atoms with Gasteiger partial charge in [0, 0.05) is 19.3 Å². The maximum absolute atomic E-state index is 12.8. The van der Waals surface area contributed by atoms with Crippen molar-refractivity contribution in [2.75, 3.05) is 13.2 Å². The predicted molar refractivity (Wildman–Crippen MR) is 266 cm³/mol. The minimum Gasteiger partial charge on any atom is -0.462 e. The summed E-state index contributed by atoms with van der Waals surface area (Å²) in [6.45, 7) is 6.55. The summed E-state index contributed by atoms with van der Waals surface area (Å²) in [6.07, 6.45) is 59.8. The van der Waals surface area contributed by atoms with Gasteiger partial charge in [-0.05, 0) is 51.4 Å². The number of hydrogen-bond acceptors (Lipinski definition) is 6. The highest BCUT2D eigenvalue weighted by atomic mass is 16.6. The van der Waals surface area contributed by atoms with Crippen molar-refractivity contribution in [1.29, 1.82) is 0 Å². The van der Waals surface area contributed by atoms with Crippen LogP contribution in [0.4, 0.5) is 0 Å². The standard InChI is InChI=1S/C56H102O6/c1-4-7-10-13-16-19-22-24-26-28-30-31-34-37-40-43-46-49-55(58)61-52-53(51-60-54(57)48-45-42-39-36-33-21-18-15-12-9-6-3)62-56(59)50-47-44-41-38-35-32-29-27-25-23-20-17-14-11-8-5-2/h7,10,16,19,24,26,53H,4-6,8-9,11-15,17-18,20-23,25,27-52H2,1-3H3/b10-7-,19-16-,26-24-. The molecule has 62 heavy (non-hydrogen) atoms. The first-order chi connectivity index (χ1) is 30.5. The molecule has 1 unspecified atom stereocenters. The van der Waals surface area contributed by atoms with Gasteiger partial charge in [-0.3, -0.25) is 14.4 Å². The molecule has 0 aromatic carbocycles. The van der Waals surface area contributed by atoms with Gasteiger partial charge in [0.25, 0.3) is 0 Å². The Hall–Kier alpha value is -2.37. The van der Waals surface area contributed by atoms with Crippen LogP contribution in [-0.2, 0) is 28.6 Å². The van der Waals surface area contributed by atoms with E-state index in [1.165, 1.54) is 161 Å². The lowest BCUT2D eigenvalue weighted by molar-refractivity contribution is -0.167. The van der Waals surface area contributed by atoms with Gasteiger partial charge in [0.1, 0.15) is 13.2 Å². The van der Waals surface area contributed by atoms with Crippen molar-refractivity contribution in [3.05, 3.63) is 36.5 Å². The Kier molecular flexibility index (Phi) is 49.3. The van der Waals surface area contributed by atoms with E-state index in [-0.39, 0.29) is 31.1 Å². The van der Waals surface area contributed by atoms with Crippen LogP contribution in [0.2, 0.25) is 0 Å². The van der Waals surface area contributed by atoms with E-state index in [0.717, 1.165) is 83.5 Å². The fourth-order valence-corrected chi connectivity index (χ4v) is 7.87. The molecule has 0 N–H and O–H groups in total. The Morgan fingerprint density at radius 3 is 0.984 bits per heavy atom. The van der Waals surface area contributed by atoms with Crippen LogP contribution in [0.3, 0.4) is 0 Å². The highest BCUT2D eigenvalue weighted by molar-refractivity contribution is 5.71. The molecule has 0 bridgehead atoms. The van der Waals surface area contributed by atoms with Crippen LogP contribution in [0.1, 0.15) is 284 Å². The van der Waals surface area contributed by atoms with Crippen LogP contribution >= 0.6 is 0 Å². The number of hydrogen-bond donors (Lipinski definition) is 0. The van der Waals surface area contributed by atoms with Gasteiger partial charge in [0.2, 0.25) is 0 Å². The quantitative estimate of drug-likeness (QED) is 0.0262. The van der Waals surface area contributed by atoms with Crippen LogP contribution in [0, 0.1) is 0 Å². The van der Waals surface area contributed by atoms with Crippen LogP contribution in [0.5, 0.6) is 0 Å². The Labute approximate surface area is 385 Å². The molecule has 0 aromatic heterocycles. The molecule has 0 radical (unpaired) electrons. The molecular weight excluding hydrogens is 769 g/mol. The molecule has 0 saturated heterocycles. The monoisotopic (exact) mass is 871 g/mol. The summed E-state index contributed by atoms with van der Waals surface area (Å²) in [5.74, 6) is -0.867. The average Bonchev–Trinajstić information content (AvgIpc) is 3.27. The topological polar surface area (TPSA) is 78.9 Å². The SMILES string of the molecule is CC/C=C\C/C=C\C/C=C\CCCCCCCCCC(=O)OCC(COC(=O)CCCCCCCCCCCCC)OC(=O)CCCCCCCCCCCCCCCCCC. The van der Waals surface area contributed by atoms with Crippen molar-refractivity contribution >= 4 is 17.9 Å². The number of unbranched alkanes of at least 4 members (excludes halogenated alkanes) is 32. The summed E-state index contributed by atoms with van der Waals surface area (Å²) < 4.78 is 16.8. The third-order valence-electron chi connectivity index (χ3n) is 11.9. The predicted octanol–water partition coefficient (Wildman–Crippen LogP) is 17.7. The van der Waals surface area contributed by atoms with Gasteiger partial charge >= 0.3 is 17.9 Å². The first-order valence-electron chi connectivity index (χ1n) is 27.0. The second-order valence-electron chi connectivity index (χ2n) is 18.1. The summed E-state index contributed by atoms with van der Waals surface area (Å²) in [6, 6.07) is 0. The molecule has 0 heterocycles. The minimum atomic E-state index is -0.770. The summed E-state index contributed by atoms with van der Waals surface area (Å²) in [5.41, 5.74) is 0. The fourth-order valence-electron chi connectivity index (χ4n) is 7.87. The lowest BCUT2D eigenvalue weighted by atomic mass is 10.0. The number of rotatable bonds is 49. The summed E-state index contributed by atoms with van der Waals surface area (Å²) in [4.78, 5) is 38.0. The van der Waals surface area contributed by atoms with E-state index in [1.54, 1.807) is 0 Å². The molecule has 362 valence electrons. The second kappa shape index (κ2) is 51.3. The Morgan fingerprint density at radius 2 is 0.629 bits per heavy atom. The van der Waals surface area contributed by atoms with Crippen molar-refractivity contribution < 1.29 is 28.6 Å². The van der Waals surface area contributed by atoms with E-state index in [2.05, 4.69) is 57.2 Å². The highest BCUT2D eigenvalue weighted by Crippen LogP contribution is 2.16. The molecule has 6 nitrogen and oxygen atoms in total. The van der Waals surface area contributed by atoms with E-state index in [0.29, 0.717) is 19.3 Å². The Morgan fingerprint density at radius 1 is 0.339 bits per heavy atom. The molecule has 6 heteroatoms. The summed E-state index contributed by atoms with van der Waals surface area (Å²) in [7, 11) is 0. The zero-order valence-corrected chi connectivity index (χ0v) is 41.4. The van der Waals surface area contributed by atoms with Gasteiger partial charge in [-0.2, -0.15) is 0 Å². The van der Waals surface area contributed by atoms with Gasteiger partial charge in [-0.25, -0.2) is 0 Å². The third-order valence-corrected chi connectivity index (χ3v) is 11.9. The highest BCUT2D eigenvalue weighted by Gasteiger charge is 2.19. The molecule has 0 spiro atoms. The van der Waals surface area contributed by atoms with Crippen molar-refractivity contribution in [1.82, 2.24) is 0 Å². The second-order valence-corrected chi connectivity index (χ2v) is 18.1. The van der Waals surface area contributed by atoms with Crippen LogP contribution in [0.25, 0.3) is 0 Å². The molecule has 0 rings (SSSR count). The average molecular weight is 871 g/mol. The van der Waals surface area contributed by atoms with Crippen molar-refractivity contribution in [2.45, 2.75) is 290 Å². The van der Waals surface area contributed by atoms with Gasteiger partial charge < -0.3 is 14.2 Å². The maximum Gasteiger partial charge on any atom is 0.306 e. The van der Waals surface area contributed by atoms with Crippen LogP contribution in [0.15, 0.2) is 36.5 Å². The molecule has 0 aliphatic carbocycles. The number of esters is 3. The Bertz CT molecular complexity index is 1050. The van der Waals surface area contributed by atoms with Crippen molar-refractivity contribution in [3.63, 3.8) is 0 Å². The van der Waals surface area contributed by atoms with Gasteiger partial charge in [-0.15, -0.1) is 0 Å². The molecule has 0 saturated carbocycles. The fraction of sp³-hybridized carbons (Fsp3) is 0.839. The number of ether oxygens (including phenoxy) is 3. The molecule has 0 aromatic rings. The molecule has 0 amide bonds. The zero-order chi connectivity index (χ0) is 45.1. The van der Waals surface area contributed by atoms with Crippen LogP contribution < -0.4 is 0 Å². The first-order valence-corrected chi connectivity index (χ1v) is 27.0. The van der Waals surface area contributed by atoms with Crippen LogP contribution in [-0.4, -0.2) is 37.2 Å². The number of carbonyl (C=O) groups excluding carboxylic acids is 3. The lowest BCUT2D eigenvalue weighted by Crippen LogP contribution is -2.30. The molecule has 0 fully saturated rings. The van der Waals surface area contributed by atoms with Gasteiger partial charge in [-0.1, -0.05) is 250 Å². The maximum atomic E-state index is 12.8. The van der Waals surface area contributed by atoms with E-state index in [9.17, 15) is 14.4 Å². The van der Waals surface area contributed by atoms with Gasteiger partial charge in [0.15, 0.2) is 6.10 Å². The number of allylic oxidation sites excluding steroid dienone is 6. The summed E-state index contributed by atoms with van der Waals surface area (Å²) in [5, 5.41) is 0. The van der Waals surface area contributed by atoms with Crippen molar-refractivity contribution in [3.8, 4) is 0 Å². The largest absolute Gasteiger partial charge is 0.462 e. The Balaban J connectivity index is 4.33. The smallest absolute Gasteiger partial charge is 0.306 e. The third kappa shape index (κ3) is 48.7. The summed E-state index contributed by atoms with van der Waals surface area (Å²) >= 11 is 0. The van der Waals surface area contributed by atoms with E-state index < -0.39 is 6.10 Å². The van der Waals surface area contributed by atoms with E-state index >= 15 is 0 Å². The first kappa shape index (κ1) is 59.6. The minimum absolute atomic E-state index is 0.0708. The zero-order valence-electron chi connectivity index (χ0n) is 41.4. The molecule has 0 aliphatic rings. The number of carbonyl (C=O) groups is 3. The van der Waals surface area contributed by atoms with Gasteiger partial charge in [0.05, 0.1) is 0 Å². The molecule has 0 aliphatic heterocycles. The van der Waals surface area contributed by atoms with E-state index in [4.69, 9.17) is 14.2 Å². The van der Waals surface area contributed by atoms with E-state index in [1.807, 2.05) is 0 Å². The van der Waals surface area contributed by atoms with Crippen molar-refractivity contribution in [2.24, 2.45) is 0 Å². The normalized spacial score (nSPS) is 12.2. The molecular formula is C56H102O6. The molecule has 1 atom stereocenters. The lowest BCUT2D eigenvalue weighted by Gasteiger charge is -2.18.